The first kappa shape index (κ1) is 17.0. The van der Waals surface area contributed by atoms with Crippen molar-refractivity contribution in [1.82, 2.24) is 5.32 Å². The molecule has 19 heavy (non-hydrogen) atoms. The van der Waals surface area contributed by atoms with E-state index in [1.807, 2.05) is 0 Å². The predicted molar refractivity (Wildman–Crippen MR) is 83.5 cm³/mol. The van der Waals surface area contributed by atoms with Crippen LogP contribution in [0.25, 0.3) is 0 Å². The van der Waals surface area contributed by atoms with E-state index in [0.717, 1.165) is 32.1 Å². The van der Waals surface area contributed by atoms with Gasteiger partial charge in [-0.2, -0.15) is 0 Å². The van der Waals surface area contributed by atoms with Gasteiger partial charge in [0.05, 0.1) is 6.61 Å². The lowest BCUT2D eigenvalue weighted by Gasteiger charge is -2.31. The minimum atomic E-state index is 0.386. The molecule has 0 aromatic rings. The Labute approximate surface area is 120 Å². The molecule has 0 radical (unpaired) electrons. The van der Waals surface area contributed by atoms with E-state index in [4.69, 9.17) is 4.74 Å². The molecule has 2 heteroatoms. The van der Waals surface area contributed by atoms with Crippen LogP contribution in [0.2, 0.25) is 0 Å². The third kappa shape index (κ3) is 7.94. The molecule has 1 saturated carbocycles. The normalized spacial score (nSPS) is 19.6. The molecule has 0 bridgehead atoms. The molecular formula is C17H35NO. The van der Waals surface area contributed by atoms with E-state index in [1.54, 1.807) is 0 Å². The van der Waals surface area contributed by atoms with Crippen LogP contribution < -0.4 is 5.32 Å². The standard InChI is InChI=1S/C17H35NO/c1-5-12-18-16(15-9-7-6-8-10-15)14-19-13-11-17(2,3)4/h15-16,18H,5-14H2,1-4H3. The lowest BCUT2D eigenvalue weighted by atomic mass is 9.84. The molecule has 1 atom stereocenters. The van der Waals surface area contributed by atoms with Gasteiger partial charge in [0.15, 0.2) is 0 Å². The van der Waals surface area contributed by atoms with Crippen molar-refractivity contribution in [3.8, 4) is 0 Å². The molecule has 1 N–H and O–H groups in total. The quantitative estimate of drug-likeness (QED) is 0.660. The average molecular weight is 269 g/mol. The lowest BCUT2D eigenvalue weighted by molar-refractivity contribution is 0.0686. The molecule has 1 fully saturated rings. The van der Waals surface area contributed by atoms with Crippen molar-refractivity contribution in [3.05, 3.63) is 0 Å². The van der Waals surface area contributed by atoms with E-state index >= 15 is 0 Å². The molecule has 0 amide bonds. The summed E-state index contributed by atoms with van der Waals surface area (Å²) in [7, 11) is 0. The van der Waals surface area contributed by atoms with Crippen molar-refractivity contribution < 1.29 is 4.74 Å². The van der Waals surface area contributed by atoms with Gasteiger partial charge in [-0.1, -0.05) is 47.0 Å². The summed E-state index contributed by atoms with van der Waals surface area (Å²) >= 11 is 0. The average Bonchev–Trinajstić information content (AvgIpc) is 2.38. The van der Waals surface area contributed by atoms with E-state index in [-0.39, 0.29) is 0 Å². The van der Waals surface area contributed by atoms with Crippen LogP contribution in [0.1, 0.15) is 72.6 Å². The number of hydrogen-bond acceptors (Lipinski definition) is 2. The van der Waals surface area contributed by atoms with Gasteiger partial charge in [0.25, 0.3) is 0 Å². The summed E-state index contributed by atoms with van der Waals surface area (Å²) in [6.07, 6.45) is 9.41. The van der Waals surface area contributed by atoms with Crippen molar-refractivity contribution in [2.24, 2.45) is 11.3 Å². The largest absolute Gasteiger partial charge is 0.380 e. The van der Waals surface area contributed by atoms with E-state index in [1.165, 1.54) is 38.5 Å². The summed E-state index contributed by atoms with van der Waals surface area (Å²) in [5.74, 6) is 0.843. The Balaban J connectivity index is 2.28. The van der Waals surface area contributed by atoms with Gasteiger partial charge in [-0.15, -0.1) is 0 Å². The molecule has 114 valence electrons. The van der Waals surface area contributed by atoms with Crippen LogP contribution in [0.15, 0.2) is 0 Å². The Bertz CT molecular complexity index is 216. The van der Waals surface area contributed by atoms with Crippen LogP contribution in [-0.4, -0.2) is 25.8 Å². The number of nitrogens with one attached hydrogen (secondary N) is 1. The monoisotopic (exact) mass is 269 g/mol. The summed E-state index contributed by atoms with van der Waals surface area (Å²) in [5, 5.41) is 3.71. The minimum absolute atomic E-state index is 0.386. The fourth-order valence-electron chi connectivity index (χ4n) is 2.82. The molecule has 0 spiro atoms. The highest BCUT2D eigenvalue weighted by atomic mass is 16.5. The van der Waals surface area contributed by atoms with Crippen LogP contribution in [0.3, 0.4) is 0 Å². The van der Waals surface area contributed by atoms with Crippen LogP contribution in [0, 0.1) is 11.3 Å². The lowest BCUT2D eigenvalue weighted by Crippen LogP contribution is -2.41. The second-order valence-electron chi connectivity index (χ2n) is 7.34. The second-order valence-corrected chi connectivity index (χ2v) is 7.34. The van der Waals surface area contributed by atoms with Crippen LogP contribution in [0.5, 0.6) is 0 Å². The topological polar surface area (TPSA) is 21.3 Å². The summed E-state index contributed by atoms with van der Waals surface area (Å²) < 4.78 is 5.96. The Morgan fingerprint density at radius 2 is 1.84 bits per heavy atom. The molecule has 1 aliphatic rings. The van der Waals surface area contributed by atoms with Crippen LogP contribution in [0.4, 0.5) is 0 Å². The summed E-state index contributed by atoms with van der Waals surface area (Å²) in [6.45, 7) is 12.0. The highest BCUT2D eigenvalue weighted by molar-refractivity contribution is 4.79. The van der Waals surface area contributed by atoms with Crippen molar-refractivity contribution in [2.75, 3.05) is 19.8 Å². The van der Waals surface area contributed by atoms with Gasteiger partial charge in [0.1, 0.15) is 0 Å². The van der Waals surface area contributed by atoms with Crippen molar-refractivity contribution in [1.29, 1.82) is 0 Å². The molecular weight excluding hydrogens is 234 g/mol. The Hall–Kier alpha value is -0.0800. The molecule has 1 unspecified atom stereocenters. The van der Waals surface area contributed by atoms with Crippen LogP contribution in [-0.2, 0) is 4.74 Å². The fourth-order valence-corrected chi connectivity index (χ4v) is 2.82. The van der Waals surface area contributed by atoms with Crippen molar-refractivity contribution in [3.63, 3.8) is 0 Å². The van der Waals surface area contributed by atoms with Gasteiger partial charge >= 0.3 is 0 Å². The molecule has 1 rings (SSSR count). The molecule has 0 aromatic heterocycles. The second kappa shape index (κ2) is 8.97. The van der Waals surface area contributed by atoms with Crippen molar-refractivity contribution in [2.45, 2.75) is 78.7 Å². The van der Waals surface area contributed by atoms with E-state index < -0.39 is 0 Å². The molecule has 0 aliphatic heterocycles. The molecule has 0 heterocycles. The van der Waals surface area contributed by atoms with Crippen LogP contribution >= 0.6 is 0 Å². The maximum Gasteiger partial charge on any atom is 0.0622 e. The first-order valence-corrected chi connectivity index (χ1v) is 8.34. The Kier molecular flexibility index (Phi) is 8.01. The summed E-state index contributed by atoms with van der Waals surface area (Å²) in [6, 6.07) is 0.584. The van der Waals surface area contributed by atoms with Crippen molar-refractivity contribution >= 4 is 0 Å². The SMILES string of the molecule is CCCNC(COCCC(C)(C)C)C1CCCCC1. The number of rotatable bonds is 8. The highest BCUT2D eigenvalue weighted by Gasteiger charge is 2.23. The Morgan fingerprint density at radius 3 is 2.42 bits per heavy atom. The first-order valence-electron chi connectivity index (χ1n) is 8.34. The van der Waals surface area contributed by atoms with Gasteiger partial charge < -0.3 is 10.1 Å². The summed E-state index contributed by atoms with van der Waals surface area (Å²) in [4.78, 5) is 0. The zero-order valence-electron chi connectivity index (χ0n) is 13.6. The Morgan fingerprint density at radius 1 is 1.16 bits per heavy atom. The van der Waals surface area contributed by atoms with Gasteiger partial charge in [0.2, 0.25) is 0 Å². The zero-order chi connectivity index (χ0) is 14.1. The summed E-state index contributed by atoms with van der Waals surface area (Å²) in [5.41, 5.74) is 0.386. The van der Waals surface area contributed by atoms with E-state index in [2.05, 4.69) is 33.0 Å². The van der Waals surface area contributed by atoms with Gasteiger partial charge in [-0.3, -0.25) is 0 Å². The van der Waals surface area contributed by atoms with Gasteiger partial charge in [-0.05, 0) is 43.6 Å². The number of hydrogen-bond donors (Lipinski definition) is 1. The third-order valence-corrected chi connectivity index (χ3v) is 4.17. The van der Waals surface area contributed by atoms with Gasteiger partial charge in [-0.25, -0.2) is 0 Å². The number of ether oxygens (including phenoxy) is 1. The van der Waals surface area contributed by atoms with E-state index in [9.17, 15) is 0 Å². The molecule has 2 nitrogen and oxygen atoms in total. The zero-order valence-corrected chi connectivity index (χ0v) is 13.6. The molecule has 0 saturated heterocycles. The first-order chi connectivity index (χ1) is 9.03. The maximum atomic E-state index is 5.96. The minimum Gasteiger partial charge on any atom is -0.380 e. The smallest absolute Gasteiger partial charge is 0.0622 e. The van der Waals surface area contributed by atoms with Gasteiger partial charge in [0, 0.05) is 12.6 Å². The highest BCUT2D eigenvalue weighted by Crippen LogP contribution is 2.27. The van der Waals surface area contributed by atoms with E-state index in [0.29, 0.717) is 11.5 Å². The third-order valence-electron chi connectivity index (χ3n) is 4.17. The maximum absolute atomic E-state index is 5.96. The molecule has 0 aromatic carbocycles. The predicted octanol–water partition coefficient (Wildman–Crippen LogP) is 4.39. The fraction of sp³-hybridized carbons (Fsp3) is 1.00. The molecule has 1 aliphatic carbocycles.